The van der Waals surface area contributed by atoms with Crippen LogP contribution in [-0.4, -0.2) is 47.2 Å². The topological polar surface area (TPSA) is 111 Å². The summed E-state index contributed by atoms with van der Waals surface area (Å²) >= 11 is 2.89. The van der Waals surface area contributed by atoms with Gasteiger partial charge in [0.2, 0.25) is 0 Å². The van der Waals surface area contributed by atoms with Crippen molar-refractivity contribution in [2.75, 3.05) is 28.4 Å². The lowest BCUT2D eigenvalue weighted by Crippen LogP contribution is -2.19. The Hall–Kier alpha value is -4.42. The van der Waals surface area contributed by atoms with E-state index in [1.165, 1.54) is 36.9 Å². The van der Waals surface area contributed by atoms with Crippen LogP contribution < -0.4 is 30.1 Å². The zero-order valence-corrected chi connectivity index (χ0v) is 22.1. The SMILES string of the molecule is COc1c(OC)c2c(=O)n3c([nH]c4ccsc43)c3c(OC)c(OC)c4c(c1c(=O)n1c4[nH]c4ccsc41)c23. The molecule has 190 valence electrons. The van der Waals surface area contributed by atoms with E-state index in [0.29, 0.717) is 55.1 Å². The first-order valence-electron chi connectivity index (χ1n) is 11.6. The Morgan fingerprint density at radius 1 is 0.579 bits per heavy atom. The fraction of sp³-hybridized carbons (Fsp3) is 0.154. The molecule has 0 aliphatic heterocycles. The first kappa shape index (κ1) is 21.6. The van der Waals surface area contributed by atoms with E-state index >= 15 is 0 Å². The number of rotatable bonds is 4. The number of aromatic nitrogens is 4. The summed E-state index contributed by atoms with van der Waals surface area (Å²) in [7, 11) is 6.07. The molecular formula is C26H18N4O6S2. The number of methoxy groups -OCH3 is 4. The highest BCUT2D eigenvalue weighted by molar-refractivity contribution is 7.17. The number of fused-ring (bicyclic) bond motifs is 8. The number of thiophene rings is 2. The van der Waals surface area contributed by atoms with Gasteiger partial charge in [-0.2, -0.15) is 0 Å². The fourth-order valence-corrected chi connectivity index (χ4v) is 7.68. The molecule has 0 amide bonds. The fourth-order valence-electron chi connectivity index (χ4n) is 5.97. The van der Waals surface area contributed by atoms with Gasteiger partial charge in [-0.3, -0.25) is 18.4 Å². The van der Waals surface area contributed by atoms with Crippen LogP contribution in [0.15, 0.2) is 32.5 Å². The van der Waals surface area contributed by atoms with Crippen LogP contribution in [0.3, 0.4) is 0 Å². The van der Waals surface area contributed by atoms with E-state index in [0.717, 1.165) is 20.7 Å². The van der Waals surface area contributed by atoms with Crippen LogP contribution in [0.2, 0.25) is 0 Å². The maximum atomic E-state index is 14.3. The Bertz CT molecular complexity index is 2230. The van der Waals surface area contributed by atoms with Crippen molar-refractivity contribution in [2.24, 2.45) is 0 Å². The molecule has 8 aromatic rings. The zero-order valence-electron chi connectivity index (χ0n) is 20.5. The first-order chi connectivity index (χ1) is 18.5. The Morgan fingerprint density at radius 2 is 0.947 bits per heavy atom. The normalized spacial score (nSPS) is 12.4. The molecule has 0 radical (unpaired) electrons. The van der Waals surface area contributed by atoms with Gasteiger partial charge in [0, 0.05) is 10.8 Å². The smallest absolute Gasteiger partial charge is 0.269 e. The molecule has 0 saturated heterocycles. The molecule has 0 bridgehead atoms. The van der Waals surface area contributed by atoms with Gasteiger partial charge < -0.3 is 28.9 Å². The Balaban J connectivity index is 1.87. The molecule has 0 aliphatic rings. The summed E-state index contributed by atoms with van der Waals surface area (Å²) in [5, 5.41) is 6.73. The highest BCUT2D eigenvalue weighted by atomic mass is 32.1. The summed E-state index contributed by atoms with van der Waals surface area (Å²) < 4.78 is 26.9. The molecule has 0 atom stereocenters. The molecule has 6 aromatic heterocycles. The van der Waals surface area contributed by atoms with Gasteiger partial charge in [-0.05, 0) is 22.9 Å². The first-order valence-corrected chi connectivity index (χ1v) is 13.3. The average Bonchev–Trinajstić information content (AvgIpc) is 3.69. The molecule has 0 saturated carbocycles. The predicted molar refractivity (Wildman–Crippen MR) is 150 cm³/mol. The molecule has 38 heavy (non-hydrogen) atoms. The number of H-pyrrole nitrogens is 2. The Morgan fingerprint density at radius 3 is 1.32 bits per heavy atom. The number of aromatic amines is 2. The van der Waals surface area contributed by atoms with Crippen molar-refractivity contribution in [2.45, 2.75) is 0 Å². The van der Waals surface area contributed by atoms with E-state index < -0.39 is 0 Å². The molecule has 10 nitrogen and oxygen atoms in total. The molecule has 2 aromatic carbocycles. The number of ether oxygens (including phenoxy) is 4. The number of pyridine rings is 2. The second-order valence-corrected chi connectivity index (χ2v) is 10.7. The second-order valence-electron chi connectivity index (χ2n) is 8.89. The number of nitrogens with one attached hydrogen (secondary N) is 2. The molecular weight excluding hydrogens is 528 g/mol. The average molecular weight is 547 g/mol. The van der Waals surface area contributed by atoms with Crippen molar-refractivity contribution in [3.8, 4) is 23.0 Å². The third-order valence-electron chi connectivity index (χ3n) is 7.34. The summed E-state index contributed by atoms with van der Waals surface area (Å²) in [5.41, 5.74) is 2.12. The summed E-state index contributed by atoms with van der Waals surface area (Å²) in [6, 6.07) is 3.84. The number of imidazole rings is 2. The predicted octanol–water partition coefficient (Wildman–Crippen LogP) is 4.93. The van der Waals surface area contributed by atoms with Crippen LogP contribution >= 0.6 is 22.7 Å². The minimum Gasteiger partial charge on any atom is -0.492 e. The van der Waals surface area contributed by atoms with E-state index in [1.54, 1.807) is 23.0 Å². The molecule has 12 heteroatoms. The lowest BCUT2D eigenvalue weighted by atomic mass is 9.93. The molecule has 0 aliphatic carbocycles. The van der Waals surface area contributed by atoms with Gasteiger partial charge >= 0.3 is 0 Å². The molecule has 2 N–H and O–H groups in total. The van der Waals surface area contributed by atoms with Gasteiger partial charge in [0.15, 0.2) is 23.0 Å². The van der Waals surface area contributed by atoms with Gasteiger partial charge in [0.05, 0.1) is 61.0 Å². The van der Waals surface area contributed by atoms with Crippen molar-refractivity contribution in [3.05, 3.63) is 43.6 Å². The maximum Gasteiger partial charge on any atom is 0.269 e. The quantitative estimate of drug-likeness (QED) is 0.303. The standard InChI is InChI=1S/C26H18N4O6S2/c1-33-17-13-11-12-14(18(17)34-2)22-28-10-6-8-38-26(10)30(22)24(32)16(12)20(36-4)19(35-3)15(11)23(31)29-21(13)27-9-5-7-37-25(9)29/h5-8,27-28H,1-4H3. The summed E-state index contributed by atoms with van der Waals surface area (Å²) in [4.78, 5) is 36.8. The molecule has 0 fully saturated rings. The molecule has 0 unspecified atom stereocenters. The Labute approximate surface area is 219 Å². The highest BCUT2D eigenvalue weighted by Gasteiger charge is 2.33. The maximum absolute atomic E-state index is 14.3. The molecule has 6 heterocycles. The second kappa shape index (κ2) is 7.11. The van der Waals surface area contributed by atoms with Gasteiger partial charge in [-0.25, -0.2) is 0 Å². The van der Waals surface area contributed by atoms with E-state index in [2.05, 4.69) is 9.97 Å². The Kier molecular flexibility index (Phi) is 4.05. The van der Waals surface area contributed by atoms with Crippen LogP contribution in [0.1, 0.15) is 0 Å². The summed E-state index contributed by atoms with van der Waals surface area (Å²) in [6.45, 7) is 0. The number of benzene rings is 2. The van der Waals surface area contributed by atoms with Crippen LogP contribution in [0.4, 0.5) is 0 Å². The van der Waals surface area contributed by atoms with Crippen LogP contribution in [0, 0.1) is 0 Å². The van der Waals surface area contributed by atoms with Crippen molar-refractivity contribution in [1.82, 2.24) is 18.8 Å². The van der Waals surface area contributed by atoms with Crippen molar-refractivity contribution >= 4 is 87.0 Å². The summed E-state index contributed by atoms with van der Waals surface area (Å²) in [5.74, 6) is 1.25. The number of nitrogens with zero attached hydrogens (tertiary/aromatic N) is 2. The van der Waals surface area contributed by atoms with Crippen molar-refractivity contribution in [1.29, 1.82) is 0 Å². The van der Waals surface area contributed by atoms with Crippen molar-refractivity contribution in [3.63, 3.8) is 0 Å². The van der Waals surface area contributed by atoms with Gasteiger partial charge in [0.1, 0.15) is 21.0 Å². The van der Waals surface area contributed by atoms with Crippen LogP contribution in [-0.2, 0) is 0 Å². The molecule has 0 spiro atoms. The van der Waals surface area contributed by atoms with E-state index in [4.69, 9.17) is 18.9 Å². The van der Waals surface area contributed by atoms with Gasteiger partial charge in [-0.1, -0.05) is 0 Å². The van der Waals surface area contributed by atoms with Crippen LogP contribution in [0.25, 0.3) is 64.3 Å². The lowest BCUT2D eigenvalue weighted by molar-refractivity contribution is 0.360. The number of hydrogen-bond acceptors (Lipinski definition) is 8. The minimum atomic E-state index is -0.292. The van der Waals surface area contributed by atoms with Crippen LogP contribution in [0.5, 0.6) is 23.0 Å². The minimum absolute atomic E-state index is 0.193. The van der Waals surface area contributed by atoms with E-state index in [1.807, 2.05) is 22.9 Å². The van der Waals surface area contributed by atoms with E-state index in [9.17, 15) is 9.59 Å². The lowest BCUT2D eigenvalue weighted by Gasteiger charge is -2.22. The van der Waals surface area contributed by atoms with Gasteiger partial charge in [-0.15, -0.1) is 22.7 Å². The highest BCUT2D eigenvalue weighted by Crippen LogP contribution is 2.53. The summed E-state index contributed by atoms with van der Waals surface area (Å²) in [6.07, 6.45) is 0. The van der Waals surface area contributed by atoms with Gasteiger partial charge in [0.25, 0.3) is 11.1 Å². The molecule has 8 rings (SSSR count). The third kappa shape index (κ3) is 2.21. The van der Waals surface area contributed by atoms with Crippen molar-refractivity contribution < 1.29 is 18.9 Å². The number of hydrogen-bond donors (Lipinski definition) is 2. The van der Waals surface area contributed by atoms with E-state index in [-0.39, 0.29) is 22.6 Å². The monoisotopic (exact) mass is 546 g/mol. The third-order valence-corrected chi connectivity index (χ3v) is 9.14. The zero-order chi connectivity index (χ0) is 26.0. The largest absolute Gasteiger partial charge is 0.492 e.